The molecule has 0 amide bonds. The molecule has 0 N–H and O–H groups in total. The summed E-state index contributed by atoms with van der Waals surface area (Å²) in [4.78, 5) is 12.2. The van der Waals surface area contributed by atoms with Crippen LogP contribution in [0.4, 0.5) is 13.2 Å². The summed E-state index contributed by atoms with van der Waals surface area (Å²) in [7, 11) is 0. The summed E-state index contributed by atoms with van der Waals surface area (Å²) >= 11 is 23.2. The van der Waals surface area contributed by atoms with Crippen LogP contribution in [0.5, 0.6) is 0 Å². The molecule has 2 aromatic rings. The average Bonchev–Trinajstić information content (AvgIpc) is 2.42. The molecule has 0 saturated heterocycles. The van der Waals surface area contributed by atoms with E-state index in [1.165, 1.54) is 0 Å². The van der Waals surface area contributed by atoms with E-state index < -0.39 is 28.8 Å². The van der Waals surface area contributed by atoms with Gasteiger partial charge in [-0.05, 0) is 18.2 Å². The van der Waals surface area contributed by atoms with Gasteiger partial charge >= 0.3 is 0 Å². The Morgan fingerprint density at radius 2 is 1.48 bits per heavy atom. The van der Waals surface area contributed by atoms with Crippen molar-refractivity contribution in [3.05, 3.63) is 66.9 Å². The van der Waals surface area contributed by atoms with Crippen LogP contribution in [0, 0.1) is 17.5 Å². The fourth-order valence-electron chi connectivity index (χ4n) is 1.61. The Balaban J connectivity index is 2.67. The van der Waals surface area contributed by atoms with Crippen molar-refractivity contribution in [2.24, 2.45) is 0 Å². The predicted molar refractivity (Wildman–Crippen MR) is 76.2 cm³/mol. The molecular formula is C13H3Cl4F3O. The Morgan fingerprint density at radius 3 is 2.10 bits per heavy atom. The van der Waals surface area contributed by atoms with Gasteiger partial charge in [-0.3, -0.25) is 4.79 Å². The number of ketones is 1. The lowest BCUT2D eigenvalue weighted by atomic mass is 10.0. The van der Waals surface area contributed by atoms with Crippen molar-refractivity contribution < 1.29 is 18.0 Å². The third-order valence-corrected chi connectivity index (χ3v) is 4.18. The predicted octanol–water partition coefficient (Wildman–Crippen LogP) is 5.95. The maximum absolute atomic E-state index is 13.7. The van der Waals surface area contributed by atoms with Gasteiger partial charge < -0.3 is 0 Å². The Kier molecular flexibility index (Phi) is 4.73. The summed E-state index contributed by atoms with van der Waals surface area (Å²) in [5.41, 5.74) is -1.08. The minimum atomic E-state index is -1.77. The molecule has 0 fully saturated rings. The van der Waals surface area contributed by atoms with Gasteiger partial charge in [0.05, 0.1) is 31.2 Å². The second kappa shape index (κ2) is 6.05. The van der Waals surface area contributed by atoms with Gasteiger partial charge in [0, 0.05) is 0 Å². The van der Waals surface area contributed by atoms with Crippen molar-refractivity contribution in [3.8, 4) is 0 Å². The van der Waals surface area contributed by atoms with Crippen LogP contribution >= 0.6 is 46.4 Å². The zero-order valence-corrected chi connectivity index (χ0v) is 12.8. The summed E-state index contributed by atoms with van der Waals surface area (Å²) in [5, 5.41) is -0.658. The van der Waals surface area contributed by atoms with Crippen molar-refractivity contribution in [1.82, 2.24) is 0 Å². The zero-order chi connectivity index (χ0) is 15.9. The van der Waals surface area contributed by atoms with E-state index >= 15 is 0 Å². The maximum atomic E-state index is 13.7. The van der Waals surface area contributed by atoms with E-state index in [0.29, 0.717) is 6.07 Å². The minimum absolute atomic E-state index is 0.00558. The fraction of sp³-hybridized carbons (Fsp3) is 0. The smallest absolute Gasteiger partial charge is 0.199 e. The Labute approximate surface area is 137 Å². The summed E-state index contributed by atoms with van der Waals surface area (Å²) in [6.07, 6.45) is 0. The summed E-state index contributed by atoms with van der Waals surface area (Å²) in [6, 6.07) is 2.54. The van der Waals surface area contributed by atoms with Crippen LogP contribution in [0.3, 0.4) is 0 Å². The number of hydrogen-bond acceptors (Lipinski definition) is 1. The molecule has 2 rings (SSSR count). The quantitative estimate of drug-likeness (QED) is 0.361. The second-order valence-electron chi connectivity index (χ2n) is 3.90. The fourth-order valence-corrected chi connectivity index (χ4v) is 2.69. The normalized spacial score (nSPS) is 10.8. The molecule has 0 saturated carbocycles. The van der Waals surface area contributed by atoms with Crippen molar-refractivity contribution in [1.29, 1.82) is 0 Å². The number of benzene rings is 2. The highest BCUT2D eigenvalue weighted by Crippen LogP contribution is 2.38. The van der Waals surface area contributed by atoms with Gasteiger partial charge in [-0.25, -0.2) is 13.2 Å². The number of hydrogen-bond donors (Lipinski definition) is 0. The highest BCUT2D eigenvalue weighted by molar-refractivity contribution is 6.51. The van der Waals surface area contributed by atoms with Crippen molar-refractivity contribution in [3.63, 3.8) is 0 Å². The first-order valence-corrected chi connectivity index (χ1v) is 6.78. The van der Waals surface area contributed by atoms with E-state index in [-0.39, 0.29) is 25.7 Å². The molecule has 21 heavy (non-hydrogen) atoms. The van der Waals surface area contributed by atoms with Gasteiger partial charge in [0.1, 0.15) is 0 Å². The molecule has 0 aliphatic heterocycles. The van der Waals surface area contributed by atoms with E-state index in [0.717, 1.165) is 12.1 Å². The third kappa shape index (κ3) is 2.86. The molecule has 0 spiro atoms. The molecule has 0 atom stereocenters. The summed E-state index contributed by atoms with van der Waals surface area (Å²) in [5.74, 6) is -5.87. The van der Waals surface area contributed by atoms with E-state index in [9.17, 15) is 18.0 Å². The lowest BCUT2D eigenvalue weighted by Gasteiger charge is -2.10. The largest absolute Gasteiger partial charge is 0.288 e. The molecule has 0 unspecified atom stereocenters. The van der Waals surface area contributed by atoms with E-state index in [4.69, 9.17) is 46.4 Å². The van der Waals surface area contributed by atoms with Gasteiger partial charge in [0.2, 0.25) is 0 Å². The second-order valence-corrected chi connectivity index (χ2v) is 5.47. The van der Waals surface area contributed by atoms with Gasteiger partial charge in [0.25, 0.3) is 0 Å². The Hall–Kier alpha value is -0.940. The number of rotatable bonds is 2. The van der Waals surface area contributed by atoms with E-state index in [1.54, 1.807) is 0 Å². The van der Waals surface area contributed by atoms with Gasteiger partial charge in [0.15, 0.2) is 23.2 Å². The van der Waals surface area contributed by atoms with Gasteiger partial charge in [-0.2, -0.15) is 0 Å². The van der Waals surface area contributed by atoms with Crippen LogP contribution in [0.2, 0.25) is 20.1 Å². The molecule has 110 valence electrons. The van der Waals surface area contributed by atoms with Crippen LogP contribution in [0.1, 0.15) is 15.9 Å². The third-order valence-electron chi connectivity index (χ3n) is 2.62. The standard InChI is InChI=1S/C13H3Cl4F3O/c14-5-3-6(15)9(16)10(17)8(5)13(21)4-1-2-7(18)12(20)11(4)19/h1-3H. The highest BCUT2D eigenvalue weighted by atomic mass is 35.5. The molecular weight excluding hydrogens is 371 g/mol. The first-order valence-electron chi connectivity index (χ1n) is 5.27. The van der Waals surface area contributed by atoms with Gasteiger partial charge in [-0.1, -0.05) is 46.4 Å². The number of halogens is 7. The van der Waals surface area contributed by atoms with E-state index in [1.807, 2.05) is 0 Å². The lowest BCUT2D eigenvalue weighted by molar-refractivity contribution is 0.103. The first kappa shape index (κ1) is 16.4. The Morgan fingerprint density at radius 1 is 0.857 bits per heavy atom. The van der Waals surface area contributed by atoms with Crippen molar-refractivity contribution in [2.75, 3.05) is 0 Å². The van der Waals surface area contributed by atoms with Crippen molar-refractivity contribution >= 4 is 52.2 Å². The minimum Gasteiger partial charge on any atom is -0.288 e. The van der Waals surface area contributed by atoms with Crippen LogP contribution in [-0.4, -0.2) is 5.78 Å². The molecule has 0 aliphatic carbocycles. The molecule has 0 heterocycles. The van der Waals surface area contributed by atoms with Crippen LogP contribution in [-0.2, 0) is 0 Å². The molecule has 0 bridgehead atoms. The van der Waals surface area contributed by atoms with Crippen molar-refractivity contribution in [2.45, 2.75) is 0 Å². The zero-order valence-electron chi connectivity index (χ0n) is 9.79. The molecule has 8 heteroatoms. The molecule has 1 nitrogen and oxygen atoms in total. The van der Waals surface area contributed by atoms with Crippen LogP contribution in [0.25, 0.3) is 0 Å². The molecule has 2 aromatic carbocycles. The average molecular weight is 374 g/mol. The van der Waals surface area contributed by atoms with Gasteiger partial charge in [-0.15, -0.1) is 0 Å². The summed E-state index contributed by atoms with van der Waals surface area (Å²) in [6.45, 7) is 0. The van der Waals surface area contributed by atoms with Crippen LogP contribution < -0.4 is 0 Å². The summed E-state index contributed by atoms with van der Waals surface area (Å²) < 4.78 is 39.7. The number of carbonyl (C=O) groups excluding carboxylic acids is 1. The number of carbonyl (C=O) groups is 1. The SMILES string of the molecule is O=C(c1ccc(F)c(F)c1F)c1c(Cl)cc(Cl)c(Cl)c1Cl. The van der Waals surface area contributed by atoms with E-state index in [2.05, 4.69) is 0 Å². The molecule has 0 aliphatic rings. The topological polar surface area (TPSA) is 17.1 Å². The maximum Gasteiger partial charge on any atom is 0.199 e. The molecule has 0 radical (unpaired) electrons. The Bertz CT molecular complexity index is 762. The highest BCUT2D eigenvalue weighted by Gasteiger charge is 2.25. The first-order chi connectivity index (χ1) is 9.75. The van der Waals surface area contributed by atoms with Crippen LogP contribution in [0.15, 0.2) is 18.2 Å². The molecule has 0 aromatic heterocycles. The lowest BCUT2D eigenvalue weighted by Crippen LogP contribution is -2.09. The monoisotopic (exact) mass is 372 g/mol.